The summed E-state index contributed by atoms with van der Waals surface area (Å²) in [6.07, 6.45) is 3.96. The highest BCUT2D eigenvalue weighted by atomic mass is 16.3. The van der Waals surface area contributed by atoms with Gasteiger partial charge in [-0.15, -0.1) is 0 Å². The lowest BCUT2D eigenvalue weighted by molar-refractivity contribution is 0.189. The Morgan fingerprint density at radius 1 is 1.37 bits per heavy atom. The number of likely N-dealkylation sites (tertiary alicyclic amines) is 1. The zero-order valence-corrected chi connectivity index (χ0v) is 12.6. The quantitative estimate of drug-likeness (QED) is 0.799. The Morgan fingerprint density at radius 3 is 2.74 bits per heavy atom. The molecule has 0 saturated carbocycles. The number of nitrogens with one attached hydrogen (secondary N) is 1. The number of furan rings is 1. The van der Waals surface area contributed by atoms with Gasteiger partial charge in [0.1, 0.15) is 11.5 Å². The van der Waals surface area contributed by atoms with Crippen LogP contribution >= 0.6 is 0 Å². The van der Waals surface area contributed by atoms with Crippen LogP contribution in [0.25, 0.3) is 0 Å². The second-order valence-corrected chi connectivity index (χ2v) is 6.00. The number of piperidine rings is 1. The second-order valence-electron chi connectivity index (χ2n) is 6.00. The van der Waals surface area contributed by atoms with Gasteiger partial charge in [-0.3, -0.25) is 0 Å². The van der Waals surface area contributed by atoms with Crippen LogP contribution in [0.4, 0.5) is 0 Å². The van der Waals surface area contributed by atoms with Gasteiger partial charge in [0.25, 0.3) is 0 Å². The van der Waals surface area contributed by atoms with Crippen molar-refractivity contribution in [3.05, 3.63) is 23.7 Å². The van der Waals surface area contributed by atoms with Crippen LogP contribution in [0.5, 0.6) is 0 Å². The minimum atomic E-state index is 0.315. The molecule has 2 heterocycles. The van der Waals surface area contributed by atoms with Gasteiger partial charge in [0.2, 0.25) is 0 Å². The standard InChI is InChI=1S/C16H28N2O/c1-13-7-11-18(12-8-13)10-4-9-17-15(3)16-6-5-14(2)19-16/h5-6,13,15,17H,4,7-12H2,1-3H3. The smallest absolute Gasteiger partial charge is 0.120 e. The molecule has 2 rings (SSSR count). The Balaban J connectivity index is 1.59. The molecule has 0 aliphatic carbocycles. The largest absolute Gasteiger partial charge is 0.465 e. The van der Waals surface area contributed by atoms with Gasteiger partial charge in [0.05, 0.1) is 6.04 Å². The van der Waals surface area contributed by atoms with E-state index in [1.54, 1.807) is 0 Å². The lowest BCUT2D eigenvalue weighted by Gasteiger charge is -2.30. The molecule has 1 aromatic rings. The molecule has 1 saturated heterocycles. The molecule has 1 atom stereocenters. The van der Waals surface area contributed by atoms with Crippen molar-refractivity contribution in [1.29, 1.82) is 0 Å². The summed E-state index contributed by atoms with van der Waals surface area (Å²) < 4.78 is 5.63. The van der Waals surface area contributed by atoms with E-state index in [0.29, 0.717) is 6.04 Å². The molecule has 1 fully saturated rings. The number of hydrogen-bond donors (Lipinski definition) is 1. The molecule has 0 aromatic carbocycles. The summed E-state index contributed by atoms with van der Waals surface area (Å²) in [5, 5.41) is 3.54. The third kappa shape index (κ3) is 4.66. The lowest BCUT2D eigenvalue weighted by Crippen LogP contribution is -2.35. The first kappa shape index (κ1) is 14.6. The summed E-state index contributed by atoms with van der Waals surface area (Å²) >= 11 is 0. The molecular weight excluding hydrogens is 236 g/mol. The van der Waals surface area contributed by atoms with Crippen molar-refractivity contribution in [3.8, 4) is 0 Å². The molecule has 3 heteroatoms. The monoisotopic (exact) mass is 264 g/mol. The van der Waals surface area contributed by atoms with E-state index in [1.165, 1.54) is 38.9 Å². The maximum absolute atomic E-state index is 5.63. The molecule has 1 aliphatic heterocycles. The molecule has 108 valence electrons. The van der Waals surface area contributed by atoms with Gasteiger partial charge in [0, 0.05) is 0 Å². The molecular formula is C16H28N2O. The third-order valence-electron chi connectivity index (χ3n) is 4.17. The average Bonchev–Trinajstić information content (AvgIpc) is 2.83. The van der Waals surface area contributed by atoms with E-state index >= 15 is 0 Å². The summed E-state index contributed by atoms with van der Waals surface area (Å²) in [6, 6.07) is 4.41. The van der Waals surface area contributed by atoms with Crippen molar-refractivity contribution in [2.75, 3.05) is 26.2 Å². The first-order valence-corrected chi connectivity index (χ1v) is 7.67. The van der Waals surface area contributed by atoms with Gasteiger partial charge in [0.15, 0.2) is 0 Å². The van der Waals surface area contributed by atoms with Crippen LogP contribution < -0.4 is 5.32 Å². The Bertz CT molecular complexity index is 367. The number of nitrogens with zero attached hydrogens (tertiary/aromatic N) is 1. The van der Waals surface area contributed by atoms with Crippen LogP contribution in [-0.2, 0) is 0 Å². The third-order valence-corrected chi connectivity index (χ3v) is 4.17. The van der Waals surface area contributed by atoms with Crippen LogP contribution in [0.3, 0.4) is 0 Å². The minimum Gasteiger partial charge on any atom is -0.465 e. The molecule has 19 heavy (non-hydrogen) atoms. The molecule has 1 N–H and O–H groups in total. The highest BCUT2D eigenvalue weighted by molar-refractivity contribution is 5.08. The number of hydrogen-bond acceptors (Lipinski definition) is 3. The zero-order chi connectivity index (χ0) is 13.7. The van der Waals surface area contributed by atoms with Gasteiger partial charge in [-0.05, 0) is 77.3 Å². The topological polar surface area (TPSA) is 28.4 Å². The van der Waals surface area contributed by atoms with Crippen LogP contribution in [0.1, 0.15) is 50.7 Å². The van der Waals surface area contributed by atoms with E-state index in [-0.39, 0.29) is 0 Å². The van der Waals surface area contributed by atoms with Crippen LogP contribution in [0.2, 0.25) is 0 Å². The fraction of sp³-hybridized carbons (Fsp3) is 0.750. The summed E-state index contributed by atoms with van der Waals surface area (Å²) in [4.78, 5) is 2.60. The number of rotatable bonds is 6. The van der Waals surface area contributed by atoms with E-state index < -0.39 is 0 Å². The van der Waals surface area contributed by atoms with E-state index in [9.17, 15) is 0 Å². The van der Waals surface area contributed by atoms with Gasteiger partial charge in [-0.2, -0.15) is 0 Å². The highest BCUT2D eigenvalue weighted by Crippen LogP contribution is 2.17. The molecule has 1 aliphatic rings. The van der Waals surface area contributed by atoms with Crippen molar-refractivity contribution in [2.24, 2.45) is 5.92 Å². The lowest BCUT2D eigenvalue weighted by atomic mass is 9.99. The Kier molecular flexibility index (Phi) is 5.46. The van der Waals surface area contributed by atoms with Crippen molar-refractivity contribution in [1.82, 2.24) is 10.2 Å². The number of aryl methyl sites for hydroxylation is 1. The van der Waals surface area contributed by atoms with Crippen LogP contribution in [0, 0.1) is 12.8 Å². The normalized spacial score (nSPS) is 19.7. The Morgan fingerprint density at radius 2 is 2.11 bits per heavy atom. The summed E-state index contributed by atoms with van der Waals surface area (Å²) in [5.74, 6) is 2.96. The van der Waals surface area contributed by atoms with Crippen molar-refractivity contribution >= 4 is 0 Å². The van der Waals surface area contributed by atoms with Gasteiger partial charge in [-0.1, -0.05) is 6.92 Å². The zero-order valence-electron chi connectivity index (χ0n) is 12.6. The highest BCUT2D eigenvalue weighted by Gasteiger charge is 2.15. The summed E-state index contributed by atoms with van der Waals surface area (Å²) in [7, 11) is 0. The van der Waals surface area contributed by atoms with E-state index in [1.807, 2.05) is 13.0 Å². The molecule has 3 nitrogen and oxygen atoms in total. The first-order chi connectivity index (χ1) is 9.15. The minimum absolute atomic E-state index is 0.315. The fourth-order valence-electron chi connectivity index (χ4n) is 2.69. The van der Waals surface area contributed by atoms with Crippen LogP contribution in [0.15, 0.2) is 16.5 Å². The fourth-order valence-corrected chi connectivity index (χ4v) is 2.69. The maximum atomic E-state index is 5.63. The molecule has 1 unspecified atom stereocenters. The Labute approximate surface area is 117 Å². The molecule has 0 radical (unpaired) electrons. The predicted octanol–water partition coefficient (Wildman–Crippen LogP) is 3.36. The van der Waals surface area contributed by atoms with Gasteiger partial charge in [-0.25, -0.2) is 0 Å². The first-order valence-electron chi connectivity index (χ1n) is 7.67. The predicted molar refractivity (Wildman–Crippen MR) is 79.3 cm³/mol. The van der Waals surface area contributed by atoms with Crippen molar-refractivity contribution in [3.63, 3.8) is 0 Å². The average molecular weight is 264 g/mol. The van der Waals surface area contributed by atoms with Crippen molar-refractivity contribution in [2.45, 2.75) is 46.1 Å². The SMILES string of the molecule is Cc1ccc(C(C)NCCCN2CCC(C)CC2)o1. The second kappa shape index (κ2) is 7.11. The van der Waals surface area contributed by atoms with Crippen LogP contribution in [-0.4, -0.2) is 31.1 Å². The van der Waals surface area contributed by atoms with Crippen molar-refractivity contribution < 1.29 is 4.42 Å². The molecule has 0 bridgehead atoms. The summed E-state index contributed by atoms with van der Waals surface area (Å²) in [5.41, 5.74) is 0. The molecule has 0 spiro atoms. The Hall–Kier alpha value is -0.800. The molecule has 0 amide bonds. The summed E-state index contributed by atoms with van der Waals surface area (Å²) in [6.45, 7) is 11.4. The van der Waals surface area contributed by atoms with E-state index in [2.05, 4.69) is 30.1 Å². The van der Waals surface area contributed by atoms with E-state index in [4.69, 9.17) is 4.42 Å². The molecule has 1 aromatic heterocycles. The van der Waals surface area contributed by atoms with Gasteiger partial charge >= 0.3 is 0 Å². The van der Waals surface area contributed by atoms with Gasteiger partial charge < -0.3 is 14.6 Å². The van der Waals surface area contributed by atoms with E-state index in [0.717, 1.165) is 24.0 Å². The maximum Gasteiger partial charge on any atom is 0.120 e.